The van der Waals surface area contributed by atoms with Crippen LogP contribution in [0.4, 0.5) is 11.6 Å². The Morgan fingerprint density at radius 1 is 1.03 bits per heavy atom. The molecule has 0 unspecified atom stereocenters. The zero-order chi connectivity index (χ0) is 25.4. The number of benzene rings is 2. The number of anilines is 2. The Bertz CT molecular complexity index is 1400. The molecule has 6 rings (SSSR count). The third kappa shape index (κ3) is 4.64. The van der Waals surface area contributed by atoms with Crippen molar-refractivity contribution >= 4 is 28.6 Å². The summed E-state index contributed by atoms with van der Waals surface area (Å²) in [6, 6.07) is 18.1. The molecule has 1 N–H and O–H groups in total. The van der Waals surface area contributed by atoms with Gasteiger partial charge < -0.3 is 24.3 Å². The molecule has 2 fully saturated rings. The average Bonchev–Trinajstić information content (AvgIpc) is 3.63. The van der Waals surface area contributed by atoms with Crippen LogP contribution in [0.2, 0.25) is 0 Å². The Morgan fingerprint density at radius 3 is 2.43 bits per heavy atom. The molecule has 8 heteroatoms. The molecular formula is C29H31N5O3. The SMILES string of the molecule is CC(C)Oc1ccc(Nc2ncc3ccn(-c4ccc(C5(C(=O)N6CCOCC6)CC5)cc4)c3n2)cc1. The quantitative estimate of drug-likeness (QED) is 0.393. The second-order valence-corrected chi connectivity index (χ2v) is 10.0. The van der Waals surface area contributed by atoms with Gasteiger partial charge in [-0.2, -0.15) is 4.98 Å². The summed E-state index contributed by atoms with van der Waals surface area (Å²) < 4.78 is 13.2. The van der Waals surface area contributed by atoms with Crippen LogP contribution >= 0.6 is 0 Å². The van der Waals surface area contributed by atoms with Gasteiger partial charge in [0.25, 0.3) is 0 Å². The van der Waals surface area contributed by atoms with E-state index in [0.29, 0.717) is 32.3 Å². The third-order valence-corrected chi connectivity index (χ3v) is 7.07. The number of carbonyl (C=O) groups excluding carboxylic acids is 1. The zero-order valence-corrected chi connectivity index (χ0v) is 21.2. The van der Waals surface area contributed by atoms with Crippen molar-refractivity contribution in [3.05, 3.63) is 72.6 Å². The molecule has 2 aromatic heterocycles. The fraction of sp³-hybridized carbons (Fsp3) is 0.345. The highest BCUT2D eigenvalue weighted by molar-refractivity contribution is 5.91. The fourth-order valence-corrected chi connectivity index (χ4v) is 4.97. The normalized spacial score (nSPS) is 16.7. The van der Waals surface area contributed by atoms with E-state index >= 15 is 0 Å². The fourth-order valence-electron chi connectivity index (χ4n) is 4.97. The minimum atomic E-state index is -0.371. The van der Waals surface area contributed by atoms with Crippen LogP contribution in [0.1, 0.15) is 32.3 Å². The number of fused-ring (bicyclic) bond motifs is 1. The van der Waals surface area contributed by atoms with Gasteiger partial charge in [-0.25, -0.2) is 4.98 Å². The van der Waals surface area contributed by atoms with Crippen LogP contribution in [-0.2, 0) is 14.9 Å². The Morgan fingerprint density at radius 2 is 1.76 bits per heavy atom. The summed E-state index contributed by atoms with van der Waals surface area (Å²) in [5.74, 6) is 1.59. The summed E-state index contributed by atoms with van der Waals surface area (Å²) in [6.45, 7) is 6.62. The van der Waals surface area contributed by atoms with E-state index in [-0.39, 0.29) is 17.4 Å². The van der Waals surface area contributed by atoms with Gasteiger partial charge in [0.1, 0.15) is 11.4 Å². The summed E-state index contributed by atoms with van der Waals surface area (Å²) in [5.41, 5.74) is 3.41. The van der Waals surface area contributed by atoms with Crippen molar-refractivity contribution in [3.63, 3.8) is 0 Å². The van der Waals surface area contributed by atoms with Gasteiger partial charge in [-0.15, -0.1) is 0 Å². The molecule has 3 heterocycles. The highest BCUT2D eigenvalue weighted by Gasteiger charge is 2.53. The van der Waals surface area contributed by atoms with Crippen LogP contribution in [0.3, 0.4) is 0 Å². The lowest BCUT2D eigenvalue weighted by Crippen LogP contribution is -2.45. The molecule has 8 nitrogen and oxygen atoms in total. The van der Waals surface area contributed by atoms with Gasteiger partial charge in [0.05, 0.1) is 24.7 Å². The maximum absolute atomic E-state index is 13.3. The Kier molecular flexibility index (Phi) is 6.04. The molecule has 1 amide bonds. The molecule has 0 radical (unpaired) electrons. The van der Waals surface area contributed by atoms with Gasteiger partial charge in [-0.1, -0.05) is 12.1 Å². The number of carbonyl (C=O) groups is 1. The molecule has 2 aliphatic rings. The van der Waals surface area contributed by atoms with E-state index in [9.17, 15) is 4.79 Å². The number of ether oxygens (including phenoxy) is 2. The van der Waals surface area contributed by atoms with E-state index < -0.39 is 0 Å². The lowest BCUT2D eigenvalue weighted by Gasteiger charge is -2.30. The number of aromatic nitrogens is 3. The highest BCUT2D eigenvalue weighted by atomic mass is 16.5. The molecule has 4 aromatic rings. The monoisotopic (exact) mass is 497 g/mol. The van der Waals surface area contributed by atoms with E-state index in [2.05, 4.69) is 39.1 Å². The number of morpholine rings is 1. The molecule has 1 aliphatic heterocycles. The molecule has 0 atom stereocenters. The summed E-state index contributed by atoms with van der Waals surface area (Å²) in [4.78, 5) is 24.5. The Hall–Kier alpha value is -3.91. The van der Waals surface area contributed by atoms with E-state index in [0.717, 1.165) is 46.6 Å². The predicted molar refractivity (Wildman–Crippen MR) is 143 cm³/mol. The van der Waals surface area contributed by atoms with E-state index in [1.54, 1.807) is 0 Å². The molecule has 1 aliphatic carbocycles. The van der Waals surface area contributed by atoms with Crippen molar-refractivity contribution < 1.29 is 14.3 Å². The van der Waals surface area contributed by atoms with Crippen molar-refractivity contribution in [2.45, 2.75) is 38.2 Å². The van der Waals surface area contributed by atoms with E-state index in [1.165, 1.54) is 0 Å². The first-order valence-corrected chi connectivity index (χ1v) is 12.9. The molecule has 190 valence electrons. The van der Waals surface area contributed by atoms with Gasteiger partial charge in [-0.05, 0) is 74.7 Å². The Labute approximate surface area is 216 Å². The first-order chi connectivity index (χ1) is 18.0. The number of hydrogen-bond acceptors (Lipinski definition) is 6. The average molecular weight is 498 g/mol. The number of amides is 1. The first kappa shape index (κ1) is 23.5. The highest BCUT2D eigenvalue weighted by Crippen LogP contribution is 2.49. The molecule has 2 aromatic carbocycles. The number of hydrogen-bond donors (Lipinski definition) is 1. The molecular weight excluding hydrogens is 466 g/mol. The smallest absolute Gasteiger partial charge is 0.233 e. The summed E-state index contributed by atoms with van der Waals surface area (Å²) in [7, 11) is 0. The Balaban J connectivity index is 1.22. The maximum Gasteiger partial charge on any atom is 0.233 e. The number of nitrogens with one attached hydrogen (secondary N) is 1. The van der Waals surface area contributed by atoms with E-state index in [1.807, 2.05) is 61.5 Å². The van der Waals surface area contributed by atoms with Gasteiger partial charge in [0.2, 0.25) is 11.9 Å². The first-order valence-electron chi connectivity index (χ1n) is 12.9. The lowest BCUT2D eigenvalue weighted by molar-refractivity contribution is -0.138. The van der Waals surface area contributed by atoms with Crippen LogP contribution in [0.25, 0.3) is 16.7 Å². The topological polar surface area (TPSA) is 81.5 Å². The molecule has 37 heavy (non-hydrogen) atoms. The van der Waals surface area contributed by atoms with Crippen molar-refractivity contribution in [2.75, 3.05) is 31.6 Å². The lowest BCUT2D eigenvalue weighted by atomic mass is 9.94. The standard InChI is InChI=1S/C29H31N5O3/c1-20(2)37-25-9-5-23(6-10-25)31-28-30-19-21-11-14-34(26(21)32-28)24-7-3-22(4-8-24)29(12-13-29)27(35)33-15-17-36-18-16-33/h3-11,14,19-20H,12-13,15-18H2,1-2H3,(H,30,31,32). The number of rotatable bonds is 7. The van der Waals surface area contributed by atoms with Crippen LogP contribution in [0.5, 0.6) is 5.75 Å². The van der Waals surface area contributed by atoms with Crippen molar-refractivity contribution in [3.8, 4) is 11.4 Å². The minimum absolute atomic E-state index is 0.131. The van der Waals surface area contributed by atoms with Gasteiger partial charge in [-0.3, -0.25) is 4.79 Å². The van der Waals surface area contributed by atoms with Gasteiger partial charge in [0.15, 0.2) is 0 Å². The van der Waals surface area contributed by atoms with Crippen molar-refractivity contribution in [2.24, 2.45) is 0 Å². The van der Waals surface area contributed by atoms with Crippen LogP contribution in [0, 0.1) is 0 Å². The van der Waals surface area contributed by atoms with Crippen molar-refractivity contribution in [1.29, 1.82) is 0 Å². The maximum atomic E-state index is 13.3. The minimum Gasteiger partial charge on any atom is -0.491 e. The molecule has 1 saturated heterocycles. The van der Waals surface area contributed by atoms with Crippen molar-refractivity contribution in [1.82, 2.24) is 19.4 Å². The predicted octanol–water partition coefficient (Wildman–Crippen LogP) is 4.84. The summed E-state index contributed by atoms with van der Waals surface area (Å²) in [5, 5.41) is 4.24. The van der Waals surface area contributed by atoms with Gasteiger partial charge in [0, 0.05) is 42.2 Å². The molecule has 0 spiro atoms. The third-order valence-electron chi connectivity index (χ3n) is 7.07. The number of nitrogens with zero attached hydrogens (tertiary/aromatic N) is 4. The second-order valence-electron chi connectivity index (χ2n) is 10.0. The van der Waals surface area contributed by atoms with Gasteiger partial charge >= 0.3 is 0 Å². The largest absolute Gasteiger partial charge is 0.491 e. The van der Waals surface area contributed by atoms with Crippen LogP contribution in [-0.4, -0.2) is 57.7 Å². The summed E-state index contributed by atoms with van der Waals surface area (Å²) >= 11 is 0. The molecule has 1 saturated carbocycles. The van der Waals surface area contributed by atoms with Crippen LogP contribution in [0.15, 0.2) is 67.0 Å². The zero-order valence-electron chi connectivity index (χ0n) is 21.2. The van der Waals surface area contributed by atoms with Crippen LogP contribution < -0.4 is 10.1 Å². The van der Waals surface area contributed by atoms with E-state index in [4.69, 9.17) is 14.5 Å². The second kappa shape index (κ2) is 9.52. The molecule has 0 bridgehead atoms. The summed E-state index contributed by atoms with van der Waals surface area (Å²) in [6.07, 6.45) is 5.77.